The first-order valence-electron chi connectivity index (χ1n) is 13.0. The van der Waals surface area contributed by atoms with E-state index in [0.717, 1.165) is 61.7 Å². The number of aromatic nitrogens is 1. The number of benzene rings is 1. The third kappa shape index (κ3) is 6.97. The molecule has 0 amide bonds. The Morgan fingerprint density at radius 3 is 2.64 bits per heavy atom. The highest BCUT2D eigenvalue weighted by molar-refractivity contribution is 5.96. The molecule has 0 saturated carbocycles. The van der Waals surface area contributed by atoms with E-state index in [1.165, 1.54) is 5.57 Å². The molecule has 194 valence electrons. The Morgan fingerprint density at radius 1 is 1.25 bits per heavy atom. The van der Waals surface area contributed by atoms with Crippen molar-refractivity contribution >= 4 is 11.8 Å². The van der Waals surface area contributed by atoms with Gasteiger partial charge in [-0.15, -0.1) is 0 Å². The highest BCUT2D eigenvalue weighted by Gasteiger charge is 2.31. The average molecular weight is 492 g/mol. The molecular formula is C30H41N3O3. The average Bonchev–Trinajstić information content (AvgIpc) is 3.36. The molecule has 0 radical (unpaired) electrons. The van der Waals surface area contributed by atoms with Gasteiger partial charge in [-0.2, -0.15) is 0 Å². The largest absolute Gasteiger partial charge is 0.489 e. The Balaban J connectivity index is 1.73. The maximum Gasteiger partial charge on any atom is 0.342 e. The minimum atomic E-state index is -0.302. The lowest BCUT2D eigenvalue weighted by Gasteiger charge is -2.29. The van der Waals surface area contributed by atoms with Crippen molar-refractivity contribution in [3.8, 4) is 0 Å². The molecule has 1 aromatic carbocycles. The summed E-state index contributed by atoms with van der Waals surface area (Å²) in [5.41, 5.74) is 3.86. The van der Waals surface area contributed by atoms with E-state index in [0.29, 0.717) is 18.2 Å². The number of aryl methyl sites for hydroxylation is 1. The van der Waals surface area contributed by atoms with Gasteiger partial charge in [0.1, 0.15) is 23.7 Å². The minimum absolute atomic E-state index is 0.172. The van der Waals surface area contributed by atoms with Crippen LogP contribution < -0.4 is 4.90 Å². The Labute approximate surface area is 216 Å². The summed E-state index contributed by atoms with van der Waals surface area (Å²) >= 11 is 0. The molecular weight excluding hydrogens is 450 g/mol. The van der Waals surface area contributed by atoms with Crippen molar-refractivity contribution in [2.45, 2.75) is 66.2 Å². The number of likely N-dealkylation sites (N-methyl/N-ethyl adjacent to an activating group) is 1. The van der Waals surface area contributed by atoms with Gasteiger partial charge in [0.05, 0.1) is 6.10 Å². The number of hydrogen-bond acceptors (Lipinski definition) is 6. The van der Waals surface area contributed by atoms with Crippen molar-refractivity contribution in [3.05, 3.63) is 83.3 Å². The normalized spacial score (nSPS) is 16.3. The summed E-state index contributed by atoms with van der Waals surface area (Å²) in [6, 6.07) is 12.4. The van der Waals surface area contributed by atoms with Gasteiger partial charge >= 0.3 is 5.97 Å². The van der Waals surface area contributed by atoms with Gasteiger partial charge in [0.15, 0.2) is 0 Å². The van der Waals surface area contributed by atoms with E-state index in [4.69, 9.17) is 9.47 Å². The molecule has 1 fully saturated rings. The topological polar surface area (TPSA) is 54.9 Å². The Kier molecular flexibility index (Phi) is 10.1. The fourth-order valence-corrected chi connectivity index (χ4v) is 4.69. The molecule has 1 aliphatic rings. The van der Waals surface area contributed by atoms with Crippen molar-refractivity contribution in [2.24, 2.45) is 0 Å². The van der Waals surface area contributed by atoms with E-state index in [-0.39, 0.29) is 12.1 Å². The first-order valence-corrected chi connectivity index (χ1v) is 13.0. The van der Waals surface area contributed by atoms with Crippen LogP contribution in [0.2, 0.25) is 0 Å². The molecule has 2 heterocycles. The second-order valence-corrected chi connectivity index (χ2v) is 9.53. The van der Waals surface area contributed by atoms with Crippen molar-refractivity contribution in [2.75, 3.05) is 31.1 Å². The molecule has 1 atom stereocenters. The first kappa shape index (κ1) is 27.5. The van der Waals surface area contributed by atoms with Crippen LogP contribution in [0.3, 0.4) is 0 Å². The second-order valence-electron chi connectivity index (χ2n) is 9.53. The van der Waals surface area contributed by atoms with Gasteiger partial charge in [0.25, 0.3) is 0 Å². The lowest BCUT2D eigenvalue weighted by Crippen LogP contribution is -2.39. The predicted octanol–water partition coefficient (Wildman–Crippen LogP) is 5.92. The van der Waals surface area contributed by atoms with Gasteiger partial charge in [-0.25, -0.2) is 9.78 Å². The third-order valence-corrected chi connectivity index (χ3v) is 6.66. The van der Waals surface area contributed by atoms with Crippen molar-refractivity contribution in [1.82, 2.24) is 9.88 Å². The summed E-state index contributed by atoms with van der Waals surface area (Å²) in [6.07, 6.45) is 5.34. The smallest absolute Gasteiger partial charge is 0.342 e. The quantitative estimate of drug-likeness (QED) is 0.209. The van der Waals surface area contributed by atoms with E-state index >= 15 is 0 Å². The molecule has 36 heavy (non-hydrogen) atoms. The molecule has 0 N–H and O–H groups in total. The Hall–Kier alpha value is -3.12. The van der Waals surface area contributed by atoms with Crippen LogP contribution in [0.4, 0.5) is 5.82 Å². The number of esters is 1. The summed E-state index contributed by atoms with van der Waals surface area (Å²) in [6.45, 7) is 18.0. The lowest BCUT2D eigenvalue weighted by atomic mass is 10.1. The second kappa shape index (κ2) is 13.3. The van der Waals surface area contributed by atoms with E-state index in [1.54, 1.807) is 6.20 Å². The maximum atomic E-state index is 12.9. The summed E-state index contributed by atoms with van der Waals surface area (Å²) in [5, 5.41) is 0. The first-order chi connectivity index (χ1) is 17.4. The summed E-state index contributed by atoms with van der Waals surface area (Å²) in [4.78, 5) is 22.2. The van der Waals surface area contributed by atoms with Crippen molar-refractivity contribution in [3.63, 3.8) is 0 Å². The van der Waals surface area contributed by atoms with E-state index in [9.17, 15) is 4.79 Å². The monoisotopic (exact) mass is 491 g/mol. The molecule has 0 aliphatic carbocycles. The van der Waals surface area contributed by atoms with Crippen LogP contribution in [0.5, 0.6) is 0 Å². The molecule has 0 bridgehead atoms. The molecule has 1 saturated heterocycles. The zero-order chi connectivity index (χ0) is 26.1. The molecule has 1 unspecified atom stereocenters. The fourth-order valence-electron chi connectivity index (χ4n) is 4.69. The summed E-state index contributed by atoms with van der Waals surface area (Å²) < 4.78 is 11.7. The van der Waals surface area contributed by atoms with Crippen LogP contribution in [0.1, 0.15) is 62.0 Å². The van der Waals surface area contributed by atoms with Gasteiger partial charge in [-0.3, -0.25) is 4.90 Å². The number of allylic oxidation sites excluding steroid dienone is 1. The van der Waals surface area contributed by atoms with E-state index in [1.807, 2.05) is 51.1 Å². The number of rotatable bonds is 12. The lowest BCUT2D eigenvalue weighted by molar-refractivity contribution is 0.0377. The van der Waals surface area contributed by atoms with Crippen LogP contribution in [-0.2, 0) is 16.1 Å². The zero-order valence-electron chi connectivity index (χ0n) is 22.5. The molecule has 6 heteroatoms. The molecule has 1 aliphatic heterocycles. The van der Waals surface area contributed by atoms with Crippen molar-refractivity contribution < 1.29 is 14.3 Å². The van der Waals surface area contributed by atoms with Crippen LogP contribution >= 0.6 is 0 Å². The number of anilines is 1. The Bertz CT molecular complexity index is 1050. The predicted molar refractivity (Wildman–Crippen MR) is 146 cm³/mol. The number of nitrogens with zero attached hydrogens (tertiary/aromatic N) is 3. The van der Waals surface area contributed by atoms with Crippen molar-refractivity contribution in [1.29, 1.82) is 0 Å². The maximum absolute atomic E-state index is 12.9. The summed E-state index contributed by atoms with van der Waals surface area (Å²) in [7, 11) is 0. The van der Waals surface area contributed by atoms with Crippen LogP contribution in [0.25, 0.3) is 0 Å². The van der Waals surface area contributed by atoms with Crippen LogP contribution in [0, 0.1) is 6.92 Å². The number of hydrogen-bond donors (Lipinski definition) is 0. The van der Waals surface area contributed by atoms with E-state index < -0.39 is 0 Å². The number of carbonyl (C=O) groups is 1. The standard InChI is InChI=1S/C30H41N3O3/c1-7-25(27(8-2)35-21-24-13-11-10-12-14-24)19-32(9-3)26-16-18-33(20-26)29-28(23(6)15-17-31-29)30(34)36-22(4)5/h8,10-15,17,22,26H,2,7,9,16,18-21H2,1,3-6H3/b27-25-. The highest BCUT2D eigenvalue weighted by atomic mass is 16.5. The molecule has 1 aromatic heterocycles. The van der Waals surface area contributed by atoms with Gasteiger partial charge < -0.3 is 14.4 Å². The molecule has 3 rings (SSSR count). The van der Waals surface area contributed by atoms with Crippen LogP contribution in [-0.4, -0.2) is 54.2 Å². The number of pyridine rings is 1. The number of carbonyl (C=O) groups excluding carboxylic acids is 1. The van der Waals surface area contributed by atoms with Crippen LogP contribution in [0.15, 0.2) is 66.6 Å². The highest BCUT2D eigenvalue weighted by Crippen LogP contribution is 2.28. The molecule has 6 nitrogen and oxygen atoms in total. The van der Waals surface area contributed by atoms with Gasteiger partial charge in [0.2, 0.25) is 0 Å². The zero-order valence-corrected chi connectivity index (χ0v) is 22.5. The van der Waals surface area contributed by atoms with Gasteiger partial charge in [-0.1, -0.05) is 50.8 Å². The SMILES string of the molecule is C=C/C(OCc1ccccc1)=C(\CC)CN(CC)C1CCN(c2nccc(C)c2C(=O)OC(C)C)C1. The Morgan fingerprint density at radius 2 is 2.00 bits per heavy atom. The van der Waals surface area contributed by atoms with Gasteiger partial charge in [0, 0.05) is 31.9 Å². The summed E-state index contributed by atoms with van der Waals surface area (Å²) in [5.74, 6) is 1.29. The molecule has 2 aromatic rings. The van der Waals surface area contributed by atoms with Gasteiger partial charge in [-0.05, 0) is 69.0 Å². The third-order valence-electron chi connectivity index (χ3n) is 6.66. The molecule has 0 spiro atoms. The fraction of sp³-hybridized carbons (Fsp3) is 0.467. The minimum Gasteiger partial charge on any atom is -0.489 e. The van der Waals surface area contributed by atoms with E-state index in [2.05, 4.69) is 47.3 Å². The number of ether oxygens (including phenoxy) is 2.